The van der Waals surface area contributed by atoms with E-state index in [0.29, 0.717) is 5.56 Å². The third kappa shape index (κ3) is 4.44. The minimum atomic E-state index is -3.59. The van der Waals surface area contributed by atoms with Gasteiger partial charge < -0.3 is 10.2 Å². The average molecular weight is 362 g/mol. The number of amides is 1. The van der Waals surface area contributed by atoms with Crippen LogP contribution in [-0.2, 0) is 10.0 Å². The van der Waals surface area contributed by atoms with Crippen molar-refractivity contribution < 1.29 is 13.2 Å². The summed E-state index contributed by atoms with van der Waals surface area (Å²) in [5.74, 6) is -0.207. The van der Waals surface area contributed by atoms with Gasteiger partial charge in [-0.05, 0) is 44.1 Å². The van der Waals surface area contributed by atoms with Gasteiger partial charge in [-0.25, -0.2) is 8.42 Å². The summed E-state index contributed by atoms with van der Waals surface area (Å²) in [7, 11) is 1.32. The molecule has 0 saturated carbocycles. The zero-order valence-electron chi connectivity index (χ0n) is 13.7. The van der Waals surface area contributed by atoms with Crippen molar-refractivity contribution in [1.29, 1.82) is 0 Å². The van der Waals surface area contributed by atoms with Crippen molar-refractivity contribution in [2.24, 2.45) is 0 Å². The molecule has 1 amide bonds. The third-order valence-corrected chi connectivity index (χ3v) is 5.89. The van der Waals surface area contributed by atoms with Crippen molar-refractivity contribution in [3.05, 3.63) is 29.8 Å². The number of nitrogens with zero attached hydrogens (tertiary/aromatic N) is 2. The normalized spacial score (nSPS) is 16.0. The number of nitrogens with one attached hydrogen (secondary N) is 1. The molecule has 1 heterocycles. The predicted molar refractivity (Wildman–Crippen MR) is 92.5 cm³/mol. The number of rotatable bonds is 4. The minimum absolute atomic E-state index is 0. The van der Waals surface area contributed by atoms with Crippen molar-refractivity contribution in [3.8, 4) is 0 Å². The largest absolute Gasteiger partial charge is 0.345 e. The van der Waals surface area contributed by atoms with Crippen LogP contribution in [0.2, 0.25) is 0 Å². The molecule has 1 fully saturated rings. The molecule has 2 rings (SSSR count). The Hall–Kier alpha value is -1.15. The summed E-state index contributed by atoms with van der Waals surface area (Å²) in [6, 6.07) is 6.24. The zero-order valence-corrected chi connectivity index (χ0v) is 15.3. The lowest BCUT2D eigenvalue weighted by atomic mass is 10.1. The molecule has 130 valence electrons. The van der Waals surface area contributed by atoms with E-state index in [1.54, 1.807) is 39.3 Å². The second kappa shape index (κ2) is 8.10. The fourth-order valence-corrected chi connectivity index (χ4v) is 4.04. The molecule has 6 nitrogen and oxygen atoms in total. The molecule has 1 aromatic carbocycles. The summed E-state index contributed by atoms with van der Waals surface area (Å²) in [6.07, 6.45) is 1.60. The number of carbonyl (C=O) groups excluding carboxylic acids is 1. The van der Waals surface area contributed by atoms with Gasteiger partial charge in [0.2, 0.25) is 10.0 Å². The molecule has 1 aromatic rings. The Morgan fingerprint density at radius 2 is 1.78 bits per heavy atom. The minimum Gasteiger partial charge on any atom is -0.345 e. The first kappa shape index (κ1) is 19.9. The standard InChI is InChI=1S/C15H23N3O3S.ClH/c1-17(2)15(19)12-5-4-6-14(11-12)22(20,21)18(3)13-7-9-16-10-8-13;/h4-6,11,13,16H,7-10H2,1-3H3;1H. The second-order valence-electron chi connectivity index (χ2n) is 5.73. The number of benzene rings is 1. The molecule has 1 saturated heterocycles. The monoisotopic (exact) mass is 361 g/mol. The molecule has 1 aliphatic rings. The number of halogens is 1. The van der Waals surface area contributed by atoms with Gasteiger partial charge >= 0.3 is 0 Å². The summed E-state index contributed by atoms with van der Waals surface area (Å²) < 4.78 is 27.0. The maximum Gasteiger partial charge on any atom is 0.253 e. The highest BCUT2D eigenvalue weighted by atomic mass is 35.5. The lowest BCUT2D eigenvalue weighted by Crippen LogP contribution is -2.43. The van der Waals surface area contributed by atoms with Crippen molar-refractivity contribution in [3.63, 3.8) is 0 Å². The smallest absolute Gasteiger partial charge is 0.253 e. The van der Waals surface area contributed by atoms with Crippen molar-refractivity contribution >= 4 is 28.3 Å². The van der Waals surface area contributed by atoms with Crippen LogP contribution < -0.4 is 5.32 Å². The Morgan fingerprint density at radius 3 is 2.35 bits per heavy atom. The first-order valence-corrected chi connectivity index (χ1v) is 8.78. The highest BCUT2D eigenvalue weighted by molar-refractivity contribution is 7.89. The lowest BCUT2D eigenvalue weighted by molar-refractivity contribution is 0.0827. The van der Waals surface area contributed by atoms with Gasteiger partial charge in [-0.15, -0.1) is 12.4 Å². The Kier molecular flexibility index (Phi) is 7.01. The second-order valence-corrected chi connectivity index (χ2v) is 7.73. The number of piperidine rings is 1. The highest BCUT2D eigenvalue weighted by Crippen LogP contribution is 2.21. The van der Waals surface area contributed by atoms with E-state index in [1.165, 1.54) is 15.3 Å². The molecule has 0 aromatic heterocycles. The number of hydrogen-bond donors (Lipinski definition) is 1. The molecule has 1 N–H and O–H groups in total. The molecule has 0 bridgehead atoms. The van der Waals surface area contributed by atoms with Gasteiger partial charge in [0.15, 0.2) is 0 Å². The maximum absolute atomic E-state index is 12.8. The molecule has 0 unspecified atom stereocenters. The zero-order chi connectivity index (χ0) is 16.3. The van der Waals surface area contributed by atoms with Gasteiger partial charge in [0.05, 0.1) is 4.90 Å². The Bertz CT molecular complexity index is 643. The fourth-order valence-electron chi connectivity index (χ4n) is 2.58. The fraction of sp³-hybridized carbons (Fsp3) is 0.533. The molecule has 0 radical (unpaired) electrons. The molecule has 0 aliphatic carbocycles. The van der Waals surface area contributed by atoms with Crippen molar-refractivity contribution in [2.75, 3.05) is 34.2 Å². The first-order chi connectivity index (χ1) is 10.3. The van der Waals surface area contributed by atoms with E-state index in [1.807, 2.05) is 0 Å². The van der Waals surface area contributed by atoms with Gasteiger partial charge in [0, 0.05) is 32.7 Å². The lowest BCUT2D eigenvalue weighted by Gasteiger charge is -2.30. The quantitative estimate of drug-likeness (QED) is 0.874. The van der Waals surface area contributed by atoms with Gasteiger partial charge in [0.25, 0.3) is 5.91 Å². The number of hydrogen-bond acceptors (Lipinski definition) is 4. The Labute approximate surface area is 144 Å². The molecular formula is C15H24ClN3O3S. The van der Waals surface area contributed by atoms with Crippen molar-refractivity contribution in [2.45, 2.75) is 23.8 Å². The van der Waals surface area contributed by atoms with Gasteiger partial charge in [0.1, 0.15) is 0 Å². The van der Waals surface area contributed by atoms with Crippen LogP contribution in [0.15, 0.2) is 29.2 Å². The van der Waals surface area contributed by atoms with E-state index in [0.717, 1.165) is 25.9 Å². The summed E-state index contributed by atoms with van der Waals surface area (Å²) in [5.41, 5.74) is 0.379. The van der Waals surface area contributed by atoms with Gasteiger partial charge in [-0.1, -0.05) is 6.07 Å². The predicted octanol–water partition coefficient (Wildman–Crippen LogP) is 1.18. The van der Waals surface area contributed by atoms with Crippen LogP contribution in [0, 0.1) is 0 Å². The molecule has 23 heavy (non-hydrogen) atoms. The van der Waals surface area contributed by atoms with Crippen LogP contribution in [0.25, 0.3) is 0 Å². The van der Waals surface area contributed by atoms with E-state index in [2.05, 4.69) is 5.32 Å². The summed E-state index contributed by atoms with van der Waals surface area (Å²) in [6.45, 7) is 1.65. The highest BCUT2D eigenvalue weighted by Gasteiger charge is 2.29. The third-order valence-electron chi connectivity index (χ3n) is 3.99. The van der Waals surface area contributed by atoms with Crippen LogP contribution in [0.1, 0.15) is 23.2 Å². The van der Waals surface area contributed by atoms with Crippen LogP contribution in [0.3, 0.4) is 0 Å². The number of sulfonamides is 1. The van der Waals surface area contributed by atoms with Crippen LogP contribution in [0.4, 0.5) is 0 Å². The van der Waals surface area contributed by atoms with Crippen LogP contribution >= 0.6 is 12.4 Å². The summed E-state index contributed by atoms with van der Waals surface area (Å²) in [5, 5.41) is 3.23. The molecule has 0 spiro atoms. The van der Waals surface area contributed by atoms with Gasteiger partial charge in [-0.2, -0.15) is 4.31 Å². The number of carbonyl (C=O) groups is 1. The first-order valence-electron chi connectivity index (χ1n) is 7.34. The summed E-state index contributed by atoms with van der Waals surface area (Å²) >= 11 is 0. The van der Waals surface area contributed by atoms with Crippen LogP contribution in [0.5, 0.6) is 0 Å². The average Bonchev–Trinajstić information content (AvgIpc) is 2.54. The SMILES string of the molecule is CN(C)C(=O)c1cccc(S(=O)(=O)N(C)C2CCNCC2)c1.Cl. The van der Waals surface area contributed by atoms with Crippen LogP contribution in [-0.4, -0.2) is 63.8 Å². The molecule has 0 atom stereocenters. The Morgan fingerprint density at radius 1 is 1.17 bits per heavy atom. The molecule has 1 aliphatic heterocycles. The van der Waals surface area contributed by atoms with Crippen molar-refractivity contribution in [1.82, 2.24) is 14.5 Å². The van der Waals surface area contributed by atoms with E-state index >= 15 is 0 Å². The molecular weight excluding hydrogens is 338 g/mol. The Balaban J connectivity index is 0.00000264. The molecule has 8 heteroatoms. The van der Waals surface area contributed by atoms with E-state index in [4.69, 9.17) is 0 Å². The topological polar surface area (TPSA) is 69.7 Å². The van der Waals surface area contributed by atoms with Gasteiger partial charge in [-0.3, -0.25) is 4.79 Å². The van der Waals surface area contributed by atoms with E-state index < -0.39 is 10.0 Å². The maximum atomic E-state index is 12.8. The van der Waals surface area contributed by atoms with E-state index in [-0.39, 0.29) is 29.3 Å². The summed E-state index contributed by atoms with van der Waals surface area (Å²) in [4.78, 5) is 13.6. The van der Waals surface area contributed by atoms with E-state index in [9.17, 15) is 13.2 Å².